The number of carboxylic acids is 1. The number of aromatic nitrogens is 2. The van der Waals surface area contributed by atoms with E-state index in [1.807, 2.05) is 0 Å². The van der Waals surface area contributed by atoms with Crippen molar-refractivity contribution in [3.05, 3.63) is 54.1 Å². The maximum absolute atomic E-state index is 11.8. The number of rotatable bonds is 4. The van der Waals surface area contributed by atoms with Gasteiger partial charge in [-0.3, -0.25) is 9.78 Å². The summed E-state index contributed by atoms with van der Waals surface area (Å²) in [4.78, 5) is 30.4. The molecule has 2 rings (SSSR count). The number of hydrogen-bond acceptors (Lipinski definition) is 4. The van der Waals surface area contributed by atoms with E-state index >= 15 is 0 Å². The van der Waals surface area contributed by atoms with E-state index in [4.69, 9.17) is 5.11 Å². The molecule has 6 nitrogen and oxygen atoms in total. The minimum Gasteiger partial charge on any atom is -0.476 e. The van der Waals surface area contributed by atoms with Gasteiger partial charge in [0.2, 0.25) is 5.91 Å². The zero-order chi connectivity index (χ0) is 13.7. The number of carbonyl (C=O) groups is 2. The van der Waals surface area contributed by atoms with Gasteiger partial charge in [-0.1, -0.05) is 6.07 Å². The van der Waals surface area contributed by atoms with Crippen LogP contribution >= 0.6 is 0 Å². The lowest BCUT2D eigenvalue weighted by Gasteiger charge is -2.07. The third-order valence-electron chi connectivity index (χ3n) is 2.37. The lowest BCUT2D eigenvalue weighted by Crippen LogP contribution is -2.17. The van der Waals surface area contributed by atoms with Gasteiger partial charge in [-0.15, -0.1) is 0 Å². The number of nitrogens with zero attached hydrogens (tertiary/aromatic N) is 2. The lowest BCUT2D eigenvalue weighted by molar-refractivity contribution is -0.115. The highest BCUT2D eigenvalue weighted by atomic mass is 16.4. The van der Waals surface area contributed by atoms with Crippen LogP contribution in [0.4, 0.5) is 5.69 Å². The highest BCUT2D eigenvalue weighted by molar-refractivity contribution is 5.99. The van der Waals surface area contributed by atoms with Gasteiger partial charge < -0.3 is 10.4 Å². The number of amides is 1. The van der Waals surface area contributed by atoms with E-state index in [1.165, 1.54) is 12.3 Å². The quantitative estimate of drug-likeness (QED) is 0.862. The summed E-state index contributed by atoms with van der Waals surface area (Å²) in [6, 6.07) is 6.56. The molecule has 96 valence electrons. The molecule has 0 aliphatic rings. The molecule has 0 spiro atoms. The molecule has 0 saturated heterocycles. The summed E-state index contributed by atoms with van der Waals surface area (Å²) in [5, 5.41) is 11.5. The molecule has 0 fully saturated rings. The molecule has 0 aliphatic carbocycles. The van der Waals surface area contributed by atoms with Crippen molar-refractivity contribution in [2.24, 2.45) is 0 Å². The van der Waals surface area contributed by atoms with Crippen molar-refractivity contribution in [2.45, 2.75) is 6.42 Å². The number of pyridine rings is 2. The monoisotopic (exact) mass is 257 g/mol. The lowest BCUT2D eigenvalue weighted by atomic mass is 10.2. The Hall–Kier alpha value is -2.76. The van der Waals surface area contributed by atoms with Gasteiger partial charge in [-0.25, -0.2) is 9.78 Å². The molecule has 2 heterocycles. The maximum atomic E-state index is 11.8. The Bertz CT molecular complexity index is 599. The summed E-state index contributed by atoms with van der Waals surface area (Å²) in [6.45, 7) is 0. The highest BCUT2D eigenvalue weighted by Crippen LogP contribution is 2.12. The number of nitrogens with one attached hydrogen (secondary N) is 1. The first-order valence-electron chi connectivity index (χ1n) is 5.54. The van der Waals surface area contributed by atoms with Crippen molar-refractivity contribution in [3.8, 4) is 0 Å². The molecule has 0 radical (unpaired) electrons. The molecule has 2 aromatic rings. The van der Waals surface area contributed by atoms with Crippen molar-refractivity contribution >= 4 is 17.6 Å². The van der Waals surface area contributed by atoms with Crippen LogP contribution in [0.2, 0.25) is 0 Å². The third-order valence-corrected chi connectivity index (χ3v) is 2.37. The summed E-state index contributed by atoms with van der Waals surface area (Å²) < 4.78 is 0. The molecule has 0 aliphatic heterocycles. The van der Waals surface area contributed by atoms with E-state index in [2.05, 4.69) is 15.3 Å². The SMILES string of the molecule is O=C(Cc1cccnc1)Nc1cccnc1C(=O)O. The van der Waals surface area contributed by atoms with Gasteiger partial charge in [-0.2, -0.15) is 0 Å². The second-order valence-electron chi connectivity index (χ2n) is 3.79. The van der Waals surface area contributed by atoms with Crippen LogP contribution in [0.15, 0.2) is 42.9 Å². The van der Waals surface area contributed by atoms with Crippen molar-refractivity contribution in [1.82, 2.24) is 9.97 Å². The molecule has 19 heavy (non-hydrogen) atoms. The fourth-order valence-corrected chi connectivity index (χ4v) is 1.56. The topological polar surface area (TPSA) is 92.2 Å². The largest absolute Gasteiger partial charge is 0.476 e. The molecule has 6 heteroatoms. The van der Waals surface area contributed by atoms with Crippen LogP contribution in [0, 0.1) is 0 Å². The number of carbonyl (C=O) groups excluding carboxylic acids is 1. The van der Waals surface area contributed by atoms with Crippen molar-refractivity contribution < 1.29 is 14.7 Å². The molecular weight excluding hydrogens is 246 g/mol. The van der Waals surface area contributed by atoms with Gasteiger partial charge in [0.1, 0.15) is 0 Å². The van der Waals surface area contributed by atoms with Crippen LogP contribution < -0.4 is 5.32 Å². The molecule has 0 atom stereocenters. The zero-order valence-electron chi connectivity index (χ0n) is 9.91. The summed E-state index contributed by atoms with van der Waals surface area (Å²) in [5.41, 5.74) is 0.756. The Morgan fingerprint density at radius 3 is 2.68 bits per heavy atom. The number of carboxylic acid groups (broad SMARTS) is 1. The maximum Gasteiger partial charge on any atom is 0.356 e. The summed E-state index contributed by atoms with van der Waals surface area (Å²) in [7, 11) is 0. The predicted octanol–water partition coefficient (Wildman–Crippen LogP) is 1.36. The Balaban J connectivity index is 2.09. The van der Waals surface area contributed by atoms with Gasteiger partial charge >= 0.3 is 5.97 Å². The fraction of sp³-hybridized carbons (Fsp3) is 0.0769. The van der Waals surface area contributed by atoms with Crippen LogP contribution in [-0.2, 0) is 11.2 Å². The van der Waals surface area contributed by atoms with Gasteiger partial charge in [0, 0.05) is 18.6 Å². The first-order chi connectivity index (χ1) is 9.16. The second-order valence-corrected chi connectivity index (χ2v) is 3.79. The van der Waals surface area contributed by atoms with E-state index < -0.39 is 5.97 Å². The molecule has 2 N–H and O–H groups in total. The molecular formula is C13H11N3O3. The standard InChI is InChI=1S/C13H11N3O3/c17-11(7-9-3-1-5-14-8-9)16-10-4-2-6-15-12(10)13(18)19/h1-6,8H,7H2,(H,16,17)(H,18,19). The molecule has 2 aromatic heterocycles. The minimum absolute atomic E-state index is 0.127. The third kappa shape index (κ3) is 3.35. The van der Waals surface area contributed by atoms with Gasteiger partial charge in [0.15, 0.2) is 5.69 Å². The highest BCUT2D eigenvalue weighted by Gasteiger charge is 2.13. The van der Waals surface area contributed by atoms with E-state index in [-0.39, 0.29) is 23.7 Å². The molecule has 0 saturated carbocycles. The summed E-state index contributed by atoms with van der Waals surface area (Å²) in [6.07, 6.45) is 4.69. The van der Waals surface area contributed by atoms with Crippen molar-refractivity contribution in [3.63, 3.8) is 0 Å². The van der Waals surface area contributed by atoms with Gasteiger partial charge in [0.05, 0.1) is 12.1 Å². The minimum atomic E-state index is -1.18. The average Bonchev–Trinajstić information content (AvgIpc) is 2.40. The Morgan fingerprint density at radius 1 is 1.21 bits per heavy atom. The number of hydrogen-bond donors (Lipinski definition) is 2. The second kappa shape index (κ2) is 5.72. The number of anilines is 1. The summed E-state index contributed by atoms with van der Waals surface area (Å²) >= 11 is 0. The number of aromatic carboxylic acids is 1. The first kappa shape index (κ1) is 12.7. The molecule has 0 bridgehead atoms. The Labute approximate surface area is 109 Å². The van der Waals surface area contributed by atoms with Crippen LogP contribution in [0.5, 0.6) is 0 Å². The van der Waals surface area contributed by atoms with E-state index in [1.54, 1.807) is 30.6 Å². The molecule has 0 unspecified atom stereocenters. The van der Waals surface area contributed by atoms with Gasteiger partial charge in [0.25, 0.3) is 0 Å². The Kier molecular flexibility index (Phi) is 3.82. The van der Waals surface area contributed by atoms with E-state index in [0.29, 0.717) is 0 Å². The van der Waals surface area contributed by atoms with Crippen LogP contribution in [0.3, 0.4) is 0 Å². The normalized spacial score (nSPS) is 9.89. The zero-order valence-corrected chi connectivity index (χ0v) is 9.91. The molecule has 0 aromatic carbocycles. The smallest absolute Gasteiger partial charge is 0.356 e. The van der Waals surface area contributed by atoms with Crippen LogP contribution in [0.25, 0.3) is 0 Å². The van der Waals surface area contributed by atoms with Crippen LogP contribution in [-0.4, -0.2) is 27.0 Å². The summed E-state index contributed by atoms with van der Waals surface area (Å²) in [5.74, 6) is -1.50. The van der Waals surface area contributed by atoms with E-state index in [0.717, 1.165) is 5.56 Å². The van der Waals surface area contributed by atoms with Crippen LogP contribution in [0.1, 0.15) is 16.1 Å². The molecule has 1 amide bonds. The van der Waals surface area contributed by atoms with Crippen molar-refractivity contribution in [2.75, 3.05) is 5.32 Å². The fourth-order valence-electron chi connectivity index (χ4n) is 1.56. The average molecular weight is 257 g/mol. The Morgan fingerprint density at radius 2 is 2.00 bits per heavy atom. The predicted molar refractivity (Wildman–Crippen MR) is 67.8 cm³/mol. The first-order valence-corrected chi connectivity index (χ1v) is 5.54. The van der Waals surface area contributed by atoms with E-state index in [9.17, 15) is 9.59 Å². The van der Waals surface area contributed by atoms with Gasteiger partial charge in [-0.05, 0) is 23.8 Å². The van der Waals surface area contributed by atoms with Crippen molar-refractivity contribution in [1.29, 1.82) is 0 Å².